The van der Waals surface area contributed by atoms with Crippen LogP contribution in [0.15, 0.2) is 24.3 Å². The summed E-state index contributed by atoms with van der Waals surface area (Å²) < 4.78 is 22.4. The number of fused-ring (bicyclic) bond motifs is 3. The maximum Gasteiger partial charge on any atom is 0.315 e. The number of methoxy groups -OCH3 is 1. The van der Waals surface area contributed by atoms with Gasteiger partial charge in [-0.05, 0) is 99.4 Å². The predicted octanol–water partition coefficient (Wildman–Crippen LogP) is 2.02. The van der Waals surface area contributed by atoms with Gasteiger partial charge in [-0.2, -0.15) is 0 Å². The smallest absolute Gasteiger partial charge is 0.315 e. The van der Waals surface area contributed by atoms with Gasteiger partial charge in [0, 0.05) is 18.4 Å². The number of rotatable bonds is 14. The van der Waals surface area contributed by atoms with Crippen molar-refractivity contribution in [3.63, 3.8) is 0 Å². The highest BCUT2D eigenvalue weighted by Crippen LogP contribution is 2.54. The SMILES string of the molecule is COc1cc(C2c3cc4c(cc3[C@@H](NC(=O)NCCCNCCCNCCCN)[C@H]3COC(=O)[C@H]23)OCO4)cc(C)c1O. The molecule has 7 N–H and O–H groups in total. The fourth-order valence-corrected chi connectivity index (χ4v) is 6.28. The Morgan fingerprint density at radius 2 is 1.65 bits per heavy atom. The number of hydrogen-bond donors (Lipinski definition) is 6. The molecule has 3 aliphatic rings. The van der Waals surface area contributed by atoms with Crippen LogP contribution in [0.3, 0.4) is 0 Å². The van der Waals surface area contributed by atoms with Crippen LogP contribution >= 0.6 is 0 Å². The van der Waals surface area contributed by atoms with Gasteiger partial charge < -0.3 is 51.1 Å². The van der Waals surface area contributed by atoms with E-state index in [2.05, 4.69) is 21.3 Å². The van der Waals surface area contributed by atoms with Gasteiger partial charge in [0.05, 0.1) is 25.7 Å². The zero-order valence-corrected chi connectivity index (χ0v) is 24.9. The molecule has 234 valence electrons. The van der Waals surface area contributed by atoms with Crippen molar-refractivity contribution in [2.75, 3.05) is 59.8 Å². The topological polar surface area (TPSA) is 165 Å². The predicted molar refractivity (Wildman–Crippen MR) is 160 cm³/mol. The van der Waals surface area contributed by atoms with Gasteiger partial charge in [0.2, 0.25) is 6.79 Å². The largest absolute Gasteiger partial charge is 0.504 e. The van der Waals surface area contributed by atoms with Crippen molar-refractivity contribution >= 4 is 12.0 Å². The Bertz CT molecular complexity index is 1310. The summed E-state index contributed by atoms with van der Waals surface area (Å²) in [6.45, 7) is 6.87. The molecule has 12 heteroatoms. The number of urea groups is 1. The summed E-state index contributed by atoms with van der Waals surface area (Å²) in [5.41, 5.74) is 8.62. The number of phenolic OH excluding ortho intramolecular Hbond substituents is 1. The third-order valence-electron chi connectivity index (χ3n) is 8.42. The van der Waals surface area contributed by atoms with E-state index in [1.54, 1.807) is 13.0 Å². The summed E-state index contributed by atoms with van der Waals surface area (Å²) in [5, 5.41) is 23.3. The lowest BCUT2D eigenvalue weighted by Crippen LogP contribution is -2.46. The summed E-state index contributed by atoms with van der Waals surface area (Å²) in [7, 11) is 1.50. The van der Waals surface area contributed by atoms with Gasteiger partial charge in [0.15, 0.2) is 23.0 Å². The summed E-state index contributed by atoms with van der Waals surface area (Å²) in [4.78, 5) is 26.4. The van der Waals surface area contributed by atoms with Gasteiger partial charge in [-0.15, -0.1) is 0 Å². The number of nitrogens with two attached hydrogens (primary N) is 1. The minimum absolute atomic E-state index is 0.0558. The number of amides is 2. The molecule has 0 aromatic heterocycles. The van der Waals surface area contributed by atoms with E-state index in [0.717, 1.165) is 62.1 Å². The van der Waals surface area contributed by atoms with Crippen molar-refractivity contribution in [1.82, 2.24) is 21.3 Å². The molecule has 2 heterocycles. The number of phenols is 1. The molecule has 2 aliphatic heterocycles. The van der Waals surface area contributed by atoms with Gasteiger partial charge in [0.25, 0.3) is 0 Å². The maximum absolute atomic E-state index is 13.3. The van der Waals surface area contributed by atoms with E-state index in [-0.39, 0.29) is 37.1 Å². The summed E-state index contributed by atoms with van der Waals surface area (Å²) in [5.74, 6) is -0.0332. The fourth-order valence-electron chi connectivity index (χ4n) is 6.28. The van der Waals surface area contributed by atoms with Crippen LogP contribution in [0.25, 0.3) is 0 Å². The third-order valence-corrected chi connectivity index (χ3v) is 8.42. The highest BCUT2D eigenvalue weighted by Gasteiger charge is 2.53. The molecule has 1 saturated heterocycles. The summed E-state index contributed by atoms with van der Waals surface area (Å²) in [6.07, 6.45) is 2.79. The number of carbonyl (C=O) groups is 2. The highest BCUT2D eigenvalue weighted by atomic mass is 16.7. The van der Waals surface area contributed by atoms with Crippen molar-refractivity contribution in [3.8, 4) is 23.0 Å². The Kier molecular flexibility index (Phi) is 10.1. The molecule has 1 unspecified atom stereocenters. The Hall–Kier alpha value is -3.74. The fraction of sp³-hybridized carbons (Fsp3) is 0.548. The lowest BCUT2D eigenvalue weighted by molar-refractivity contribution is -0.141. The number of aromatic hydroxyl groups is 1. The molecule has 0 saturated carbocycles. The van der Waals surface area contributed by atoms with Crippen LogP contribution in [-0.4, -0.2) is 76.9 Å². The van der Waals surface area contributed by atoms with Crippen LogP contribution in [0.2, 0.25) is 0 Å². The van der Waals surface area contributed by atoms with Crippen LogP contribution in [-0.2, 0) is 9.53 Å². The Morgan fingerprint density at radius 3 is 2.35 bits per heavy atom. The van der Waals surface area contributed by atoms with Gasteiger partial charge >= 0.3 is 12.0 Å². The van der Waals surface area contributed by atoms with Crippen molar-refractivity contribution in [1.29, 1.82) is 0 Å². The first-order chi connectivity index (χ1) is 20.9. The lowest BCUT2D eigenvalue weighted by Gasteiger charge is -2.39. The molecular formula is C31H43N5O7. The average Bonchev–Trinajstić information content (AvgIpc) is 3.62. The maximum atomic E-state index is 13.3. The second-order valence-corrected chi connectivity index (χ2v) is 11.2. The van der Waals surface area contributed by atoms with E-state index < -0.39 is 17.9 Å². The highest BCUT2D eigenvalue weighted by molar-refractivity contribution is 5.80. The zero-order chi connectivity index (χ0) is 30.3. The number of hydrogen-bond acceptors (Lipinski definition) is 10. The van der Waals surface area contributed by atoms with E-state index in [4.69, 9.17) is 24.7 Å². The quantitative estimate of drug-likeness (QED) is 0.140. The van der Waals surface area contributed by atoms with E-state index in [9.17, 15) is 14.7 Å². The Labute approximate surface area is 252 Å². The lowest BCUT2D eigenvalue weighted by atomic mass is 9.65. The minimum Gasteiger partial charge on any atom is -0.504 e. The van der Waals surface area contributed by atoms with Crippen LogP contribution < -0.4 is 41.2 Å². The van der Waals surface area contributed by atoms with Crippen LogP contribution in [0.4, 0.5) is 4.79 Å². The van der Waals surface area contributed by atoms with E-state index in [0.29, 0.717) is 35.9 Å². The molecule has 4 atom stereocenters. The monoisotopic (exact) mass is 597 g/mol. The van der Waals surface area contributed by atoms with E-state index >= 15 is 0 Å². The summed E-state index contributed by atoms with van der Waals surface area (Å²) >= 11 is 0. The first-order valence-corrected chi connectivity index (χ1v) is 15.1. The molecule has 2 aromatic carbocycles. The second-order valence-electron chi connectivity index (χ2n) is 11.2. The molecule has 0 radical (unpaired) electrons. The summed E-state index contributed by atoms with van der Waals surface area (Å²) in [6, 6.07) is 6.63. The number of esters is 1. The zero-order valence-electron chi connectivity index (χ0n) is 24.9. The number of benzene rings is 2. The van der Waals surface area contributed by atoms with Crippen molar-refractivity contribution in [2.45, 2.75) is 38.1 Å². The molecular weight excluding hydrogens is 554 g/mol. The molecule has 2 aromatic rings. The molecule has 0 spiro atoms. The van der Waals surface area contributed by atoms with E-state index in [1.807, 2.05) is 18.2 Å². The minimum atomic E-state index is -0.555. The number of cyclic esters (lactones) is 1. The average molecular weight is 598 g/mol. The van der Waals surface area contributed by atoms with Gasteiger partial charge in [-0.3, -0.25) is 4.79 Å². The molecule has 1 aliphatic carbocycles. The number of aryl methyl sites for hydroxylation is 1. The molecule has 12 nitrogen and oxygen atoms in total. The molecule has 43 heavy (non-hydrogen) atoms. The molecule has 0 bridgehead atoms. The first kappa shape index (κ1) is 30.7. The van der Waals surface area contributed by atoms with Crippen LogP contribution in [0.1, 0.15) is 53.5 Å². The normalized spacial score (nSPS) is 21.6. The standard InChI is InChI=1S/C31H43N5O7/c1-18-12-19(13-25(40-2)29(18)37)26-20-14-23-24(43-17-42-23)15-21(20)28(22-16-41-30(38)27(22)26)36-31(39)35-11-5-10-34-9-4-8-33-7-3-6-32/h12-15,22,26-28,33-34,37H,3-11,16-17,32H2,1-2H3,(H2,35,36,39)/t22-,26?,27-,28+/m0/s1. The number of nitrogens with one attached hydrogen (secondary N) is 4. The third kappa shape index (κ3) is 6.76. The number of carbonyl (C=O) groups excluding carboxylic acids is 2. The number of ether oxygens (including phenoxy) is 4. The van der Waals surface area contributed by atoms with Crippen molar-refractivity contribution in [3.05, 3.63) is 46.5 Å². The molecule has 5 rings (SSSR count). The Balaban J connectivity index is 1.29. The van der Waals surface area contributed by atoms with Gasteiger partial charge in [0.1, 0.15) is 0 Å². The molecule has 1 fully saturated rings. The second kappa shape index (κ2) is 14.2. The van der Waals surface area contributed by atoms with Crippen LogP contribution in [0.5, 0.6) is 23.0 Å². The van der Waals surface area contributed by atoms with E-state index in [1.165, 1.54) is 7.11 Å². The Morgan fingerprint density at radius 1 is 0.977 bits per heavy atom. The van der Waals surface area contributed by atoms with Gasteiger partial charge in [-0.1, -0.05) is 6.07 Å². The van der Waals surface area contributed by atoms with Crippen molar-refractivity contribution < 1.29 is 33.6 Å². The molecule has 2 amide bonds. The van der Waals surface area contributed by atoms with Gasteiger partial charge in [-0.25, -0.2) is 4.79 Å². The first-order valence-electron chi connectivity index (χ1n) is 15.1. The van der Waals surface area contributed by atoms with Crippen LogP contribution in [0, 0.1) is 18.8 Å². The van der Waals surface area contributed by atoms with Crippen molar-refractivity contribution in [2.24, 2.45) is 17.6 Å².